The fraction of sp³-hybridized carbons (Fsp3) is 0.107. The summed E-state index contributed by atoms with van der Waals surface area (Å²) in [4.78, 5) is 32.1. The van der Waals surface area contributed by atoms with Crippen LogP contribution in [0.25, 0.3) is 0 Å². The minimum atomic E-state index is -0.325. The van der Waals surface area contributed by atoms with Gasteiger partial charge in [-0.25, -0.2) is 4.99 Å². The number of benzene rings is 3. The average molecular weight is 432 g/mol. The van der Waals surface area contributed by atoms with Crippen LogP contribution in [0.4, 0.5) is 17.1 Å². The van der Waals surface area contributed by atoms with Crippen LogP contribution in [-0.4, -0.2) is 23.4 Å². The van der Waals surface area contributed by atoms with Gasteiger partial charge < -0.3 is 10.1 Å². The highest BCUT2D eigenvalue weighted by molar-refractivity contribution is 6.32. The number of hydrogen-bond acceptors (Lipinski definition) is 5. The van der Waals surface area contributed by atoms with Crippen LogP contribution in [0.1, 0.15) is 44.3 Å². The number of nitrogens with zero attached hydrogens (tertiary/aromatic N) is 1. The number of ether oxygens (including phenoxy) is 1. The Morgan fingerprint density at radius 3 is 2.30 bits per heavy atom. The van der Waals surface area contributed by atoms with Crippen molar-refractivity contribution in [1.29, 1.82) is 0 Å². The molecule has 1 aliphatic heterocycles. The van der Waals surface area contributed by atoms with Gasteiger partial charge in [0.25, 0.3) is 0 Å². The summed E-state index contributed by atoms with van der Waals surface area (Å²) in [6, 6.07) is 16.6. The maximum absolute atomic E-state index is 13.7. The number of aryl methyl sites for hydroxylation is 1. The second kappa shape index (κ2) is 7.14. The zero-order valence-electron chi connectivity index (χ0n) is 18.2. The van der Waals surface area contributed by atoms with Crippen LogP contribution < -0.4 is 10.1 Å². The first-order valence-corrected chi connectivity index (χ1v) is 10.8. The van der Waals surface area contributed by atoms with Crippen molar-refractivity contribution >= 4 is 34.3 Å². The Labute approximate surface area is 191 Å². The standard InChI is InChI=1S/C28H20N2O3/c1-15-7-10-17(11-8-15)29-21-14-23-26(30-20-12-9-16(2)13-22(20)33-23)25-24(21)27(31)18-5-3-4-6-19(18)28(25)32/h3-14,22,29H,1-2H3. The van der Waals surface area contributed by atoms with Crippen LogP contribution >= 0.6 is 0 Å². The zero-order valence-corrected chi connectivity index (χ0v) is 18.2. The van der Waals surface area contributed by atoms with E-state index in [4.69, 9.17) is 9.73 Å². The number of ketones is 2. The molecule has 5 nitrogen and oxygen atoms in total. The quantitative estimate of drug-likeness (QED) is 0.431. The molecule has 3 aromatic rings. The maximum Gasteiger partial charge on any atom is 0.196 e. The Hall–Kier alpha value is -4.25. The van der Waals surface area contributed by atoms with Gasteiger partial charge in [-0.15, -0.1) is 0 Å². The molecule has 1 heterocycles. The van der Waals surface area contributed by atoms with E-state index in [1.54, 1.807) is 30.3 Å². The molecule has 160 valence electrons. The predicted molar refractivity (Wildman–Crippen MR) is 129 cm³/mol. The number of rotatable bonds is 2. The predicted octanol–water partition coefficient (Wildman–Crippen LogP) is 5.86. The van der Waals surface area contributed by atoms with Gasteiger partial charge in [0.2, 0.25) is 0 Å². The van der Waals surface area contributed by atoms with Crippen LogP contribution in [0.2, 0.25) is 0 Å². The topological polar surface area (TPSA) is 67.8 Å². The van der Waals surface area contributed by atoms with E-state index in [9.17, 15) is 9.59 Å². The smallest absolute Gasteiger partial charge is 0.196 e. The lowest BCUT2D eigenvalue weighted by Crippen LogP contribution is -2.30. The molecule has 0 spiro atoms. The Kier molecular flexibility index (Phi) is 4.20. The van der Waals surface area contributed by atoms with E-state index in [-0.39, 0.29) is 23.2 Å². The van der Waals surface area contributed by atoms with Crippen LogP contribution in [0.3, 0.4) is 0 Å². The summed E-state index contributed by atoms with van der Waals surface area (Å²) < 4.78 is 6.28. The third kappa shape index (κ3) is 3.04. The average Bonchev–Trinajstić information content (AvgIpc) is 2.82. The van der Waals surface area contributed by atoms with Crippen molar-refractivity contribution in [3.05, 3.63) is 106 Å². The number of aliphatic imine (C=N–C) groups is 1. The normalized spacial score (nSPS) is 17.7. The van der Waals surface area contributed by atoms with Gasteiger partial charge in [-0.3, -0.25) is 9.59 Å². The largest absolute Gasteiger partial charge is 0.478 e. The molecule has 3 aliphatic rings. The summed E-state index contributed by atoms with van der Waals surface area (Å²) in [7, 11) is 0. The fourth-order valence-electron chi connectivity index (χ4n) is 4.50. The number of fused-ring (bicyclic) bond motifs is 5. The van der Waals surface area contributed by atoms with Crippen molar-refractivity contribution in [2.24, 2.45) is 4.99 Å². The monoisotopic (exact) mass is 432 g/mol. The lowest BCUT2D eigenvalue weighted by atomic mass is 9.81. The van der Waals surface area contributed by atoms with Crippen LogP contribution in [0.5, 0.6) is 5.75 Å². The highest BCUT2D eigenvalue weighted by Crippen LogP contribution is 2.46. The van der Waals surface area contributed by atoms with Crippen LogP contribution in [0.15, 0.2) is 83.4 Å². The number of nitrogens with one attached hydrogen (secondary N) is 1. The minimum Gasteiger partial charge on any atom is -0.478 e. The molecule has 0 saturated heterocycles. The van der Waals surface area contributed by atoms with Gasteiger partial charge in [-0.2, -0.15) is 0 Å². The third-order valence-electron chi connectivity index (χ3n) is 6.18. The molecule has 0 aromatic heterocycles. The first-order chi connectivity index (χ1) is 16.0. The van der Waals surface area contributed by atoms with Gasteiger partial charge in [-0.1, -0.05) is 53.6 Å². The van der Waals surface area contributed by atoms with E-state index >= 15 is 0 Å². The molecule has 33 heavy (non-hydrogen) atoms. The van der Waals surface area contributed by atoms with Crippen molar-refractivity contribution < 1.29 is 14.3 Å². The highest BCUT2D eigenvalue weighted by atomic mass is 16.5. The molecular formula is C28H20N2O3. The SMILES string of the molecule is CC1=CC2Oc3cc(Nc4ccc(C)cc4)c4c(c3N=C2C=C1)C(=O)c1ccccc1C4=O. The first-order valence-electron chi connectivity index (χ1n) is 10.8. The van der Waals surface area contributed by atoms with Crippen LogP contribution in [-0.2, 0) is 0 Å². The molecule has 0 saturated carbocycles. The van der Waals surface area contributed by atoms with Gasteiger partial charge in [-0.05, 0) is 38.1 Å². The molecule has 0 fully saturated rings. The second-order valence-corrected chi connectivity index (χ2v) is 8.53. The minimum absolute atomic E-state index is 0.199. The summed E-state index contributed by atoms with van der Waals surface area (Å²) in [5.41, 5.74) is 6.10. The number of carbonyl (C=O) groups is 2. The Morgan fingerprint density at radius 2 is 1.58 bits per heavy atom. The number of carbonyl (C=O) groups excluding carboxylic acids is 2. The van der Waals surface area contributed by atoms with Gasteiger partial charge in [0.15, 0.2) is 17.7 Å². The molecular weight excluding hydrogens is 412 g/mol. The summed E-state index contributed by atoms with van der Waals surface area (Å²) in [5.74, 6) is 0.0637. The van der Waals surface area contributed by atoms with Crippen molar-refractivity contribution in [3.63, 3.8) is 0 Å². The van der Waals surface area contributed by atoms with Gasteiger partial charge >= 0.3 is 0 Å². The second-order valence-electron chi connectivity index (χ2n) is 8.53. The molecule has 6 rings (SSSR count). The number of anilines is 2. The lowest BCUT2D eigenvalue weighted by molar-refractivity contribution is 0.0979. The Morgan fingerprint density at radius 1 is 0.879 bits per heavy atom. The van der Waals surface area contributed by atoms with E-state index in [1.807, 2.05) is 56.3 Å². The molecule has 0 amide bonds. The summed E-state index contributed by atoms with van der Waals surface area (Å²) in [6.45, 7) is 4.02. The van der Waals surface area contributed by atoms with Gasteiger partial charge in [0.05, 0.1) is 22.5 Å². The summed E-state index contributed by atoms with van der Waals surface area (Å²) >= 11 is 0. The van der Waals surface area contributed by atoms with Gasteiger partial charge in [0.1, 0.15) is 11.4 Å². The molecule has 0 radical (unpaired) electrons. The number of allylic oxidation sites excluding steroid dienone is 2. The number of hydrogen-bond donors (Lipinski definition) is 1. The van der Waals surface area contributed by atoms with Crippen molar-refractivity contribution in [2.75, 3.05) is 5.32 Å². The van der Waals surface area contributed by atoms with E-state index in [2.05, 4.69) is 5.32 Å². The maximum atomic E-state index is 13.7. The molecule has 2 aliphatic carbocycles. The Bertz CT molecular complexity index is 1460. The molecule has 1 unspecified atom stereocenters. The fourth-order valence-corrected chi connectivity index (χ4v) is 4.50. The molecule has 0 bridgehead atoms. The zero-order chi connectivity index (χ0) is 22.7. The Balaban J connectivity index is 1.59. The van der Waals surface area contributed by atoms with Gasteiger partial charge in [0, 0.05) is 22.9 Å². The van der Waals surface area contributed by atoms with Crippen LogP contribution in [0, 0.1) is 6.92 Å². The van der Waals surface area contributed by atoms with E-state index in [0.29, 0.717) is 39.5 Å². The van der Waals surface area contributed by atoms with E-state index in [0.717, 1.165) is 16.8 Å². The molecule has 1 N–H and O–H groups in total. The highest BCUT2D eigenvalue weighted by Gasteiger charge is 2.38. The molecule has 1 atom stereocenters. The lowest BCUT2D eigenvalue weighted by Gasteiger charge is -2.29. The van der Waals surface area contributed by atoms with Crippen molar-refractivity contribution in [2.45, 2.75) is 20.0 Å². The molecule has 5 heteroatoms. The summed E-state index contributed by atoms with van der Waals surface area (Å²) in [6.07, 6.45) is 5.54. The summed E-state index contributed by atoms with van der Waals surface area (Å²) in [5, 5.41) is 3.34. The van der Waals surface area contributed by atoms with Crippen molar-refractivity contribution in [3.8, 4) is 5.75 Å². The third-order valence-corrected chi connectivity index (χ3v) is 6.18. The van der Waals surface area contributed by atoms with E-state index in [1.165, 1.54) is 0 Å². The first kappa shape index (κ1) is 19.4. The van der Waals surface area contributed by atoms with Crippen molar-refractivity contribution in [1.82, 2.24) is 0 Å². The molecule has 3 aromatic carbocycles. The van der Waals surface area contributed by atoms with E-state index < -0.39 is 0 Å².